The Labute approximate surface area is 227 Å². The molecule has 0 spiro atoms. The van der Waals surface area contributed by atoms with Gasteiger partial charge in [0.2, 0.25) is 0 Å². The molecule has 0 unspecified atom stereocenters. The van der Waals surface area contributed by atoms with Gasteiger partial charge in [0.25, 0.3) is 0 Å². The summed E-state index contributed by atoms with van der Waals surface area (Å²) < 4.78 is 16.2. The fourth-order valence-electron chi connectivity index (χ4n) is 4.63. The predicted molar refractivity (Wildman–Crippen MR) is 146 cm³/mol. The molecular weight excluding hydrogens is 557 g/mol. The van der Waals surface area contributed by atoms with E-state index in [4.69, 9.17) is 11.6 Å². The third-order valence-corrected chi connectivity index (χ3v) is 7.15. The lowest BCUT2D eigenvalue weighted by atomic mass is 10.0. The number of nitrogens with one attached hydrogen (secondary N) is 1. The van der Waals surface area contributed by atoms with Crippen molar-refractivity contribution in [3.05, 3.63) is 104 Å². The summed E-state index contributed by atoms with van der Waals surface area (Å²) in [5.74, 6) is -0.442. The molecule has 1 amide bonds. The molecule has 2 aromatic carbocycles. The fourth-order valence-corrected chi connectivity index (χ4v) is 5.16. The number of carbonyl (C=O) groups excluding carboxylic acids is 1. The Kier molecular flexibility index (Phi) is 7.38. The minimum Gasteiger partial charge on any atom is -0.333 e. The summed E-state index contributed by atoms with van der Waals surface area (Å²) in [6, 6.07) is 15.9. The Bertz CT molecular complexity index is 1580. The van der Waals surface area contributed by atoms with Gasteiger partial charge in [0.05, 0.1) is 22.2 Å². The number of hydrogen-bond acceptors (Lipinski definition) is 4. The molecule has 1 aliphatic heterocycles. The Balaban J connectivity index is 1.39. The SMILES string of the molecule is N#Cc1ccc2c(c1)c1c(n2C(=O)NCc2ccnc(Br)c2)CCN(C/C=C/c2ccc(Cl)c(F)c2)C1. The van der Waals surface area contributed by atoms with Crippen molar-refractivity contribution in [3.8, 4) is 6.07 Å². The Morgan fingerprint density at radius 2 is 2.11 bits per heavy atom. The van der Waals surface area contributed by atoms with Crippen molar-refractivity contribution in [1.29, 1.82) is 5.26 Å². The van der Waals surface area contributed by atoms with Gasteiger partial charge in [-0.2, -0.15) is 5.26 Å². The molecule has 6 nitrogen and oxygen atoms in total. The van der Waals surface area contributed by atoms with Crippen LogP contribution in [0.15, 0.2) is 65.4 Å². The second-order valence-electron chi connectivity index (χ2n) is 8.81. The van der Waals surface area contributed by atoms with Gasteiger partial charge < -0.3 is 5.32 Å². The molecule has 37 heavy (non-hydrogen) atoms. The molecule has 9 heteroatoms. The summed E-state index contributed by atoms with van der Waals surface area (Å²) in [5, 5.41) is 13.5. The number of carbonyl (C=O) groups is 1. The average Bonchev–Trinajstić information content (AvgIpc) is 3.22. The molecule has 0 saturated heterocycles. The standard InChI is InChI=1S/C28H22BrClFN5O/c29-27-14-20(7-9-33-27)16-34-28(37)36-25-6-4-19(15-32)12-21(25)22-17-35(11-8-26(22)36)10-1-2-18-3-5-23(30)24(31)13-18/h1-7,9,12-14H,8,10-11,16-17H2,(H,34,37)/b2-1+. The monoisotopic (exact) mass is 577 g/mol. The summed E-state index contributed by atoms with van der Waals surface area (Å²) in [7, 11) is 0. The second-order valence-corrected chi connectivity index (χ2v) is 10.0. The number of nitrogens with zero attached hydrogens (tertiary/aromatic N) is 4. The highest BCUT2D eigenvalue weighted by Crippen LogP contribution is 2.32. The van der Waals surface area contributed by atoms with E-state index in [1.165, 1.54) is 6.07 Å². The van der Waals surface area contributed by atoms with E-state index in [9.17, 15) is 14.4 Å². The van der Waals surface area contributed by atoms with E-state index in [2.05, 4.69) is 37.2 Å². The Morgan fingerprint density at radius 3 is 2.89 bits per heavy atom. The summed E-state index contributed by atoms with van der Waals surface area (Å²) in [5.41, 5.74) is 5.02. The summed E-state index contributed by atoms with van der Waals surface area (Å²) in [6.45, 7) is 2.43. The van der Waals surface area contributed by atoms with Gasteiger partial charge in [0.15, 0.2) is 0 Å². The van der Waals surface area contributed by atoms with E-state index in [-0.39, 0.29) is 11.1 Å². The Hall–Kier alpha value is -3.51. The maximum Gasteiger partial charge on any atom is 0.326 e. The maximum absolute atomic E-state index is 13.7. The van der Waals surface area contributed by atoms with Crippen LogP contribution in [-0.4, -0.2) is 33.6 Å². The van der Waals surface area contributed by atoms with Crippen molar-refractivity contribution >= 4 is 50.5 Å². The van der Waals surface area contributed by atoms with Gasteiger partial charge in [0, 0.05) is 49.9 Å². The maximum atomic E-state index is 13.7. The first kappa shape index (κ1) is 25.2. The molecule has 0 atom stereocenters. The van der Waals surface area contributed by atoms with Crippen LogP contribution in [0.25, 0.3) is 17.0 Å². The fraction of sp³-hybridized carbons (Fsp3) is 0.179. The van der Waals surface area contributed by atoms with Crippen molar-refractivity contribution in [3.63, 3.8) is 0 Å². The second kappa shape index (κ2) is 10.9. The molecule has 4 aromatic rings. The molecule has 186 valence electrons. The third kappa shape index (κ3) is 5.44. The van der Waals surface area contributed by atoms with Crippen LogP contribution in [0.5, 0.6) is 0 Å². The van der Waals surface area contributed by atoms with Crippen LogP contribution < -0.4 is 5.32 Å². The number of pyridine rings is 1. The highest BCUT2D eigenvalue weighted by atomic mass is 79.9. The zero-order valence-corrected chi connectivity index (χ0v) is 22.1. The lowest BCUT2D eigenvalue weighted by Crippen LogP contribution is -2.34. The molecule has 0 fully saturated rings. The van der Waals surface area contributed by atoms with Crippen LogP contribution in [0.3, 0.4) is 0 Å². The largest absolute Gasteiger partial charge is 0.333 e. The van der Waals surface area contributed by atoms with Crippen LogP contribution in [0, 0.1) is 17.1 Å². The highest BCUT2D eigenvalue weighted by Gasteiger charge is 2.26. The first-order chi connectivity index (χ1) is 17.9. The van der Waals surface area contributed by atoms with E-state index >= 15 is 0 Å². The third-order valence-electron chi connectivity index (χ3n) is 6.41. The van der Waals surface area contributed by atoms with E-state index in [1.54, 1.807) is 29.0 Å². The first-order valence-electron chi connectivity index (χ1n) is 11.7. The lowest BCUT2D eigenvalue weighted by molar-refractivity contribution is 0.240. The molecule has 0 saturated carbocycles. The molecule has 2 aromatic heterocycles. The number of aromatic nitrogens is 2. The van der Waals surface area contributed by atoms with Crippen molar-refractivity contribution in [1.82, 2.24) is 19.8 Å². The molecule has 3 heterocycles. The molecular formula is C28H22BrClFN5O. The van der Waals surface area contributed by atoms with E-state index in [1.807, 2.05) is 36.4 Å². The van der Waals surface area contributed by atoms with Crippen molar-refractivity contribution in [2.75, 3.05) is 13.1 Å². The minimum absolute atomic E-state index is 0.103. The molecule has 0 bridgehead atoms. The molecule has 1 aliphatic rings. The quantitative estimate of drug-likeness (QED) is 0.282. The van der Waals surface area contributed by atoms with Crippen LogP contribution in [0.1, 0.15) is 27.9 Å². The lowest BCUT2D eigenvalue weighted by Gasteiger charge is -2.27. The van der Waals surface area contributed by atoms with Crippen LogP contribution >= 0.6 is 27.5 Å². The number of nitriles is 1. The van der Waals surface area contributed by atoms with Gasteiger partial charge in [0.1, 0.15) is 10.4 Å². The van der Waals surface area contributed by atoms with Gasteiger partial charge in [-0.05, 0) is 75.1 Å². The Morgan fingerprint density at radius 1 is 1.24 bits per heavy atom. The number of rotatable bonds is 5. The van der Waals surface area contributed by atoms with Gasteiger partial charge in [-0.15, -0.1) is 0 Å². The molecule has 0 aliphatic carbocycles. The molecule has 0 radical (unpaired) electrons. The average molecular weight is 579 g/mol. The predicted octanol–water partition coefficient (Wildman–Crippen LogP) is 6.29. The summed E-state index contributed by atoms with van der Waals surface area (Å²) in [4.78, 5) is 19.8. The topological polar surface area (TPSA) is 74.0 Å². The van der Waals surface area contributed by atoms with E-state index in [0.29, 0.717) is 36.2 Å². The molecule has 1 N–H and O–H groups in total. The molecule has 5 rings (SSSR count). The number of benzene rings is 2. The van der Waals surface area contributed by atoms with Gasteiger partial charge in [-0.3, -0.25) is 9.47 Å². The summed E-state index contributed by atoms with van der Waals surface area (Å²) >= 11 is 9.13. The number of amides is 1. The van der Waals surface area contributed by atoms with Crippen molar-refractivity contribution in [2.24, 2.45) is 0 Å². The van der Waals surface area contributed by atoms with Gasteiger partial charge >= 0.3 is 6.03 Å². The van der Waals surface area contributed by atoms with Crippen molar-refractivity contribution < 1.29 is 9.18 Å². The normalized spacial score (nSPS) is 13.6. The van der Waals surface area contributed by atoms with Gasteiger partial charge in [-0.25, -0.2) is 14.2 Å². The van der Waals surface area contributed by atoms with Crippen LogP contribution in [0.2, 0.25) is 5.02 Å². The van der Waals surface area contributed by atoms with Gasteiger partial charge in [-0.1, -0.05) is 29.8 Å². The first-order valence-corrected chi connectivity index (χ1v) is 12.9. The zero-order valence-electron chi connectivity index (χ0n) is 19.7. The van der Waals surface area contributed by atoms with E-state index in [0.717, 1.165) is 39.8 Å². The zero-order chi connectivity index (χ0) is 25.9. The highest BCUT2D eigenvalue weighted by molar-refractivity contribution is 9.10. The number of halogens is 3. The minimum atomic E-state index is -0.442. The van der Waals surface area contributed by atoms with Crippen LogP contribution in [-0.2, 0) is 19.5 Å². The number of fused-ring (bicyclic) bond motifs is 3. The smallest absolute Gasteiger partial charge is 0.326 e. The van der Waals surface area contributed by atoms with Crippen molar-refractivity contribution in [2.45, 2.75) is 19.5 Å². The summed E-state index contributed by atoms with van der Waals surface area (Å²) in [6.07, 6.45) is 6.24. The van der Waals surface area contributed by atoms with E-state index < -0.39 is 5.82 Å². The number of hydrogen-bond donors (Lipinski definition) is 1. The van der Waals surface area contributed by atoms with Crippen LogP contribution in [0.4, 0.5) is 9.18 Å².